The van der Waals surface area contributed by atoms with Crippen molar-refractivity contribution < 1.29 is 26.4 Å². The first-order valence-corrected chi connectivity index (χ1v) is 12.3. The zero-order valence-electron chi connectivity index (χ0n) is 19.1. The van der Waals surface area contributed by atoms with Crippen LogP contribution in [0.1, 0.15) is 34.5 Å². The molecule has 0 saturated carbocycles. The summed E-state index contributed by atoms with van der Waals surface area (Å²) in [7, 11) is -2.21. The van der Waals surface area contributed by atoms with Crippen molar-refractivity contribution in [2.45, 2.75) is 30.2 Å². The molecule has 3 heterocycles. The molecule has 1 saturated heterocycles. The van der Waals surface area contributed by atoms with E-state index < -0.39 is 44.4 Å². The summed E-state index contributed by atoms with van der Waals surface area (Å²) < 4.78 is 71.8. The molecule has 12 heteroatoms. The van der Waals surface area contributed by atoms with Gasteiger partial charge in [-0.2, -0.15) is 4.31 Å². The summed E-state index contributed by atoms with van der Waals surface area (Å²) in [4.78, 5) is 20.9. The van der Waals surface area contributed by atoms with E-state index in [2.05, 4.69) is 15.3 Å². The molecule has 0 radical (unpaired) electrons. The van der Waals surface area contributed by atoms with E-state index in [1.165, 1.54) is 46.6 Å². The van der Waals surface area contributed by atoms with Crippen molar-refractivity contribution in [2.75, 3.05) is 19.6 Å². The number of carbonyl (C=O) groups excluding carboxylic acids is 1. The van der Waals surface area contributed by atoms with Crippen LogP contribution in [-0.4, -0.2) is 52.8 Å². The van der Waals surface area contributed by atoms with Crippen LogP contribution in [0.15, 0.2) is 48.0 Å². The van der Waals surface area contributed by atoms with Gasteiger partial charge in [0.05, 0.1) is 17.6 Å². The molecule has 1 aromatic carbocycles. The number of imidazole rings is 1. The van der Waals surface area contributed by atoms with Crippen LogP contribution in [-0.2, 0) is 22.5 Å². The number of benzene rings is 1. The van der Waals surface area contributed by atoms with E-state index in [-0.39, 0.29) is 48.8 Å². The summed E-state index contributed by atoms with van der Waals surface area (Å²) in [5.41, 5.74) is -1.56. The number of carbonyl (C=O) groups is 1. The number of pyridine rings is 1. The van der Waals surface area contributed by atoms with Gasteiger partial charge in [0.25, 0.3) is 15.9 Å². The van der Waals surface area contributed by atoms with Crippen LogP contribution in [0.2, 0.25) is 0 Å². The quantitative estimate of drug-likeness (QED) is 0.554. The number of hydrogen-bond donors (Lipinski definition) is 1. The topological polar surface area (TPSA) is 97.2 Å². The van der Waals surface area contributed by atoms with Crippen molar-refractivity contribution in [3.05, 3.63) is 77.3 Å². The Bertz CT molecular complexity index is 1370. The number of hydrogen-bond acceptors (Lipinski definition) is 5. The molecule has 0 unspecified atom stereocenters. The van der Waals surface area contributed by atoms with Gasteiger partial charge >= 0.3 is 0 Å². The first-order valence-electron chi connectivity index (χ1n) is 10.9. The fourth-order valence-electron chi connectivity index (χ4n) is 4.35. The van der Waals surface area contributed by atoms with Gasteiger partial charge in [-0.3, -0.25) is 9.78 Å². The van der Waals surface area contributed by atoms with Gasteiger partial charge in [-0.1, -0.05) is 0 Å². The second kappa shape index (κ2) is 9.42. The summed E-state index contributed by atoms with van der Waals surface area (Å²) in [6, 6.07) is 4.47. The first-order chi connectivity index (χ1) is 16.5. The molecule has 1 N–H and O–H groups in total. The van der Waals surface area contributed by atoms with Gasteiger partial charge in [0.15, 0.2) is 5.03 Å². The highest BCUT2D eigenvalue weighted by Gasteiger charge is 2.43. The first kappa shape index (κ1) is 24.9. The zero-order valence-corrected chi connectivity index (χ0v) is 19.9. The molecule has 186 valence electrons. The molecule has 0 atom stereocenters. The number of nitrogens with one attached hydrogen (secondary N) is 1. The Hall–Kier alpha value is -3.25. The van der Waals surface area contributed by atoms with E-state index in [1.807, 2.05) is 0 Å². The minimum absolute atomic E-state index is 0.0259. The number of halogens is 3. The Morgan fingerprint density at radius 3 is 2.40 bits per heavy atom. The van der Waals surface area contributed by atoms with E-state index in [0.717, 1.165) is 12.1 Å². The Kier molecular flexibility index (Phi) is 6.69. The average Bonchev–Trinajstić information content (AvgIpc) is 3.28. The number of amides is 1. The van der Waals surface area contributed by atoms with Crippen LogP contribution in [0.3, 0.4) is 0 Å². The second-order valence-corrected chi connectivity index (χ2v) is 10.5. The third-order valence-electron chi connectivity index (χ3n) is 6.39. The highest BCUT2D eigenvalue weighted by Crippen LogP contribution is 2.37. The van der Waals surface area contributed by atoms with Crippen molar-refractivity contribution in [3.63, 3.8) is 0 Å². The lowest BCUT2D eigenvalue weighted by atomic mass is 9.75. The Morgan fingerprint density at radius 2 is 1.77 bits per heavy atom. The minimum Gasteiger partial charge on any atom is -0.351 e. The van der Waals surface area contributed by atoms with Gasteiger partial charge in [0.2, 0.25) is 0 Å². The third-order valence-corrected chi connectivity index (χ3v) is 8.17. The molecular weight excluding hydrogens is 483 g/mol. The van der Waals surface area contributed by atoms with Crippen molar-refractivity contribution >= 4 is 15.9 Å². The minimum atomic E-state index is -3.87. The molecule has 1 fully saturated rings. The molecule has 35 heavy (non-hydrogen) atoms. The molecule has 0 aliphatic carbocycles. The van der Waals surface area contributed by atoms with Gasteiger partial charge in [-0.15, -0.1) is 0 Å². The Balaban J connectivity index is 1.60. The van der Waals surface area contributed by atoms with E-state index >= 15 is 0 Å². The Labute approximate surface area is 200 Å². The summed E-state index contributed by atoms with van der Waals surface area (Å²) >= 11 is 0. The van der Waals surface area contributed by atoms with E-state index in [0.29, 0.717) is 0 Å². The number of aryl methyl sites for hydroxylation is 1. The van der Waals surface area contributed by atoms with Crippen molar-refractivity contribution in [3.8, 4) is 0 Å². The Morgan fingerprint density at radius 1 is 1.09 bits per heavy atom. The lowest BCUT2D eigenvalue weighted by molar-refractivity contribution is 0.0925. The van der Waals surface area contributed by atoms with Gasteiger partial charge in [0.1, 0.15) is 17.5 Å². The number of nitrogens with zero attached hydrogens (tertiary/aromatic N) is 4. The number of sulfonamides is 1. The maximum atomic E-state index is 14.8. The van der Waals surface area contributed by atoms with Crippen LogP contribution in [0, 0.1) is 24.4 Å². The highest BCUT2D eigenvalue weighted by molar-refractivity contribution is 7.89. The van der Waals surface area contributed by atoms with Crippen molar-refractivity contribution in [1.82, 2.24) is 24.2 Å². The fourth-order valence-corrected chi connectivity index (χ4v) is 5.76. The predicted molar refractivity (Wildman–Crippen MR) is 121 cm³/mol. The van der Waals surface area contributed by atoms with Crippen molar-refractivity contribution in [1.29, 1.82) is 0 Å². The van der Waals surface area contributed by atoms with Crippen LogP contribution in [0.25, 0.3) is 0 Å². The molecule has 0 spiro atoms. The standard InChI is InChI=1S/C23H24F3N5O3S/c1-15-16(24)5-6-17(25)20(15)22(32)28-13-23(21-18(26)4-3-9-27-21)7-10-31(11-8-23)35(33,34)19-12-30(2)14-29-19/h3-6,9,12,14H,7-8,10-11,13H2,1-2H3,(H,28,32). The molecule has 2 aromatic heterocycles. The monoisotopic (exact) mass is 507 g/mol. The summed E-state index contributed by atoms with van der Waals surface area (Å²) in [5.74, 6) is -3.06. The lowest BCUT2D eigenvalue weighted by Crippen LogP contribution is -2.51. The van der Waals surface area contributed by atoms with Gasteiger partial charge in [-0.05, 0) is 44.0 Å². The van der Waals surface area contributed by atoms with E-state index in [1.54, 1.807) is 7.05 Å². The highest BCUT2D eigenvalue weighted by atomic mass is 32.2. The SMILES string of the molecule is Cc1c(F)ccc(F)c1C(=O)NCC1(c2ncccc2F)CCN(S(=O)(=O)c2cn(C)cn2)CC1. The molecule has 1 aliphatic rings. The normalized spacial score (nSPS) is 16.3. The lowest BCUT2D eigenvalue weighted by Gasteiger charge is -2.40. The van der Waals surface area contributed by atoms with Crippen molar-refractivity contribution in [2.24, 2.45) is 7.05 Å². The molecular formula is C23H24F3N5O3S. The molecule has 4 rings (SSSR count). The molecule has 1 aliphatic heterocycles. The summed E-state index contributed by atoms with van der Waals surface area (Å²) in [6.45, 7) is 1.20. The molecule has 3 aromatic rings. The number of aromatic nitrogens is 3. The molecule has 0 bridgehead atoms. The summed E-state index contributed by atoms with van der Waals surface area (Å²) in [5, 5.41) is 2.50. The third kappa shape index (κ3) is 4.67. The van der Waals surface area contributed by atoms with E-state index in [4.69, 9.17) is 0 Å². The fraction of sp³-hybridized carbons (Fsp3) is 0.348. The van der Waals surface area contributed by atoms with Gasteiger partial charge in [0, 0.05) is 50.1 Å². The van der Waals surface area contributed by atoms with Crippen LogP contribution in [0.5, 0.6) is 0 Å². The number of rotatable bonds is 6. The van der Waals surface area contributed by atoms with Crippen LogP contribution < -0.4 is 5.32 Å². The second-order valence-electron chi connectivity index (χ2n) is 8.61. The van der Waals surface area contributed by atoms with Crippen LogP contribution in [0.4, 0.5) is 13.2 Å². The smallest absolute Gasteiger partial charge is 0.262 e. The van der Waals surface area contributed by atoms with Gasteiger partial charge < -0.3 is 9.88 Å². The maximum absolute atomic E-state index is 14.8. The maximum Gasteiger partial charge on any atom is 0.262 e. The molecule has 8 nitrogen and oxygen atoms in total. The predicted octanol–water partition coefficient (Wildman–Crippen LogP) is 2.69. The number of piperidine rings is 1. The average molecular weight is 508 g/mol. The van der Waals surface area contributed by atoms with Gasteiger partial charge in [-0.25, -0.2) is 26.6 Å². The van der Waals surface area contributed by atoms with Crippen LogP contribution >= 0.6 is 0 Å². The molecule has 1 amide bonds. The zero-order chi connectivity index (χ0) is 25.4. The summed E-state index contributed by atoms with van der Waals surface area (Å²) in [6.07, 6.45) is 4.46. The largest absolute Gasteiger partial charge is 0.351 e. The van der Waals surface area contributed by atoms with E-state index in [9.17, 15) is 26.4 Å².